The van der Waals surface area contributed by atoms with Crippen LogP contribution >= 0.6 is 0 Å². The van der Waals surface area contributed by atoms with Crippen molar-refractivity contribution < 1.29 is 19.1 Å². The Morgan fingerprint density at radius 3 is 2.53 bits per heavy atom. The second-order valence-electron chi connectivity index (χ2n) is 8.52. The summed E-state index contributed by atoms with van der Waals surface area (Å²) in [6, 6.07) is 17.0. The van der Waals surface area contributed by atoms with Gasteiger partial charge in [-0.2, -0.15) is 0 Å². The molecule has 1 fully saturated rings. The van der Waals surface area contributed by atoms with E-state index in [4.69, 9.17) is 4.74 Å². The average molecular weight is 466 g/mol. The van der Waals surface area contributed by atoms with E-state index in [0.29, 0.717) is 63.4 Å². The lowest BCUT2D eigenvalue weighted by Gasteiger charge is -2.31. The number of hydrogen-bond donors (Lipinski definition) is 2. The zero-order valence-corrected chi connectivity index (χ0v) is 19.9. The minimum atomic E-state index is -0.171. The molecule has 1 aliphatic heterocycles. The number of ether oxygens (including phenoxy) is 1. The zero-order valence-electron chi connectivity index (χ0n) is 19.9. The van der Waals surface area contributed by atoms with Crippen molar-refractivity contribution in [3.05, 3.63) is 65.7 Å². The van der Waals surface area contributed by atoms with Crippen LogP contribution in [0.1, 0.15) is 48.5 Å². The molecule has 1 heterocycles. The van der Waals surface area contributed by atoms with Crippen LogP contribution in [0.2, 0.25) is 0 Å². The summed E-state index contributed by atoms with van der Waals surface area (Å²) in [5.74, 6) is -0.238. The van der Waals surface area contributed by atoms with Gasteiger partial charge in [0, 0.05) is 56.4 Å². The van der Waals surface area contributed by atoms with Gasteiger partial charge in [0.2, 0.25) is 11.8 Å². The van der Waals surface area contributed by atoms with Crippen molar-refractivity contribution in [3.63, 3.8) is 0 Å². The molecule has 1 aliphatic rings. The Hall–Kier alpha value is -3.19. The maximum absolute atomic E-state index is 12.8. The average Bonchev–Trinajstić information content (AvgIpc) is 2.88. The highest BCUT2D eigenvalue weighted by Gasteiger charge is 2.27. The second kappa shape index (κ2) is 13.5. The van der Waals surface area contributed by atoms with Gasteiger partial charge in [0.05, 0.1) is 0 Å². The van der Waals surface area contributed by atoms with Gasteiger partial charge in [-0.1, -0.05) is 36.4 Å². The predicted octanol–water partition coefficient (Wildman–Crippen LogP) is 3.65. The van der Waals surface area contributed by atoms with Crippen LogP contribution in [0.5, 0.6) is 0 Å². The smallest absolute Gasteiger partial charge is 0.251 e. The molecule has 2 N–H and O–H groups in total. The number of anilines is 1. The number of rotatable bonds is 11. The summed E-state index contributed by atoms with van der Waals surface area (Å²) in [4.78, 5) is 39.6. The Morgan fingerprint density at radius 1 is 1.03 bits per heavy atom. The molecule has 0 spiro atoms. The lowest BCUT2D eigenvalue weighted by Crippen LogP contribution is -2.41. The Kier molecular flexibility index (Phi) is 10.1. The van der Waals surface area contributed by atoms with E-state index in [9.17, 15) is 14.4 Å². The van der Waals surface area contributed by atoms with Crippen LogP contribution in [-0.4, -0.2) is 55.5 Å². The number of piperidine rings is 1. The number of likely N-dealkylation sites (tertiary alicyclic amines) is 1. The number of carbonyl (C=O) groups is 3. The molecule has 0 radical (unpaired) electrons. The molecule has 0 atom stereocenters. The van der Waals surface area contributed by atoms with Gasteiger partial charge < -0.3 is 20.3 Å². The van der Waals surface area contributed by atoms with Gasteiger partial charge in [-0.3, -0.25) is 14.4 Å². The molecule has 0 saturated carbocycles. The van der Waals surface area contributed by atoms with E-state index in [0.717, 1.165) is 18.4 Å². The van der Waals surface area contributed by atoms with Crippen molar-refractivity contribution in [2.24, 2.45) is 5.92 Å². The second-order valence-corrected chi connectivity index (χ2v) is 8.52. The number of carbonyl (C=O) groups excluding carboxylic acids is 3. The van der Waals surface area contributed by atoms with Gasteiger partial charge in [0.25, 0.3) is 5.91 Å². The first-order valence-corrected chi connectivity index (χ1v) is 12.2. The van der Waals surface area contributed by atoms with E-state index in [-0.39, 0.29) is 23.6 Å². The molecule has 7 nitrogen and oxygen atoms in total. The Bertz CT molecular complexity index is 940. The summed E-state index contributed by atoms with van der Waals surface area (Å²) in [6.07, 6.45) is 3.26. The van der Waals surface area contributed by atoms with E-state index < -0.39 is 0 Å². The fourth-order valence-corrected chi connectivity index (χ4v) is 4.05. The molecule has 2 aromatic carbocycles. The number of aryl methyl sites for hydroxylation is 1. The van der Waals surface area contributed by atoms with Gasteiger partial charge in [-0.05, 0) is 56.4 Å². The van der Waals surface area contributed by atoms with Crippen molar-refractivity contribution in [2.75, 3.05) is 38.2 Å². The maximum Gasteiger partial charge on any atom is 0.251 e. The molecule has 0 aliphatic carbocycles. The van der Waals surface area contributed by atoms with Crippen molar-refractivity contribution >= 4 is 23.4 Å². The van der Waals surface area contributed by atoms with E-state index >= 15 is 0 Å². The number of nitrogens with zero attached hydrogens (tertiary/aromatic N) is 1. The molecule has 3 amide bonds. The topological polar surface area (TPSA) is 87.7 Å². The summed E-state index contributed by atoms with van der Waals surface area (Å²) in [5, 5.41) is 5.81. The number of benzene rings is 2. The highest BCUT2D eigenvalue weighted by atomic mass is 16.5. The van der Waals surface area contributed by atoms with E-state index in [2.05, 4.69) is 10.6 Å². The summed E-state index contributed by atoms with van der Waals surface area (Å²) >= 11 is 0. The fourth-order valence-electron chi connectivity index (χ4n) is 4.05. The van der Waals surface area contributed by atoms with Gasteiger partial charge in [0.15, 0.2) is 0 Å². The van der Waals surface area contributed by atoms with Crippen molar-refractivity contribution in [1.82, 2.24) is 10.2 Å². The normalized spacial score (nSPS) is 14.0. The summed E-state index contributed by atoms with van der Waals surface area (Å²) in [5.41, 5.74) is 2.27. The van der Waals surface area contributed by atoms with Crippen LogP contribution in [0.15, 0.2) is 54.6 Å². The lowest BCUT2D eigenvalue weighted by molar-refractivity contribution is -0.134. The Labute approximate surface area is 201 Å². The number of hydrogen-bond acceptors (Lipinski definition) is 4. The van der Waals surface area contributed by atoms with E-state index in [1.807, 2.05) is 42.2 Å². The highest BCUT2D eigenvalue weighted by molar-refractivity contribution is 5.97. The largest absolute Gasteiger partial charge is 0.382 e. The van der Waals surface area contributed by atoms with Crippen LogP contribution in [0.4, 0.5) is 5.69 Å². The first-order chi connectivity index (χ1) is 16.6. The van der Waals surface area contributed by atoms with Crippen molar-refractivity contribution in [1.29, 1.82) is 0 Å². The third-order valence-electron chi connectivity index (χ3n) is 6.04. The molecule has 34 heavy (non-hydrogen) atoms. The third-order valence-corrected chi connectivity index (χ3v) is 6.04. The molecule has 3 rings (SSSR count). The van der Waals surface area contributed by atoms with E-state index in [1.165, 1.54) is 0 Å². The monoisotopic (exact) mass is 465 g/mol. The number of nitrogens with one attached hydrogen (secondary N) is 2. The summed E-state index contributed by atoms with van der Waals surface area (Å²) in [6.45, 7) is 4.95. The Balaban J connectivity index is 1.41. The predicted molar refractivity (Wildman–Crippen MR) is 133 cm³/mol. The van der Waals surface area contributed by atoms with Gasteiger partial charge in [0.1, 0.15) is 0 Å². The van der Waals surface area contributed by atoms with Crippen molar-refractivity contribution in [3.8, 4) is 0 Å². The zero-order chi connectivity index (χ0) is 24.2. The van der Waals surface area contributed by atoms with Gasteiger partial charge >= 0.3 is 0 Å². The molecule has 0 bridgehead atoms. The first-order valence-electron chi connectivity index (χ1n) is 12.2. The SMILES string of the molecule is CCOCCCNC(=O)c1cccc(NC(=O)C2CCN(C(=O)CCc3ccccc3)CC2)c1. The fraction of sp³-hybridized carbons (Fsp3) is 0.444. The molecule has 7 heteroatoms. The van der Waals surface area contributed by atoms with E-state index in [1.54, 1.807) is 24.3 Å². The number of amides is 3. The maximum atomic E-state index is 12.8. The summed E-state index contributed by atoms with van der Waals surface area (Å²) in [7, 11) is 0. The highest BCUT2D eigenvalue weighted by Crippen LogP contribution is 2.21. The van der Waals surface area contributed by atoms with Crippen LogP contribution in [0, 0.1) is 5.92 Å². The van der Waals surface area contributed by atoms with Crippen LogP contribution < -0.4 is 10.6 Å². The minimum Gasteiger partial charge on any atom is -0.382 e. The quantitative estimate of drug-likeness (QED) is 0.496. The molecular formula is C27H35N3O4. The standard InChI is InChI=1S/C27H35N3O4/c1-2-34-19-7-16-28-26(32)23-10-6-11-24(20-23)29-27(33)22-14-17-30(18-15-22)25(31)13-12-21-8-4-3-5-9-21/h3-6,8-11,20,22H,2,7,12-19H2,1H3,(H,28,32)(H,29,33). The van der Waals surface area contributed by atoms with Crippen LogP contribution in [-0.2, 0) is 20.7 Å². The van der Waals surface area contributed by atoms with Gasteiger partial charge in [-0.25, -0.2) is 0 Å². The van der Waals surface area contributed by atoms with Crippen LogP contribution in [0.25, 0.3) is 0 Å². The first kappa shape index (κ1) is 25.4. The third kappa shape index (κ3) is 7.99. The molecule has 0 aromatic heterocycles. The Morgan fingerprint density at radius 2 is 1.79 bits per heavy atom. The molecule has 0 unspecified atom stereocenters. The van der Waals surface area contributed by atoms with Crippen LogP contribution in [0.3, 0.4) is 0 Å². The lowest BCUT2D eigenvalue weighted by atomic mass is 9.95. The summed E-state index contributed by atoms with van der Waals surface area (Å²) < 4.78 is 5.27. The molecule has 2 aromatic rings. The molecule has 182 valence electrons. The molecular weight excluding hydrogens is 430 g/mol. The van der Waals surface area contributed by atoms with Gasteiger partial charge in [-0.15, -0.1) is 0 Å². The molecule has 1 saturated heterocycles. The minimum absolute atomic E-state index is 0.0642. The van der Waals surface area contributed by atoms with Crippen molar-refractivity contribution in [2.45, 2.75) is 39.0 Å².